The Bertz CT molecular complexity index is 1230. The SMILES string of the molecule is COC(=O)c1c(N2CCCC2CO)sc(-c2ccc3c(c2)ncn3C2CCCCC2)c1[N+](=O)[O-]. The third-order valence-electron chi connectivity index (χ3n) is 7.09. The first-order valence-electron chi connectivity index (χ1n) is 11.8. The van der Waals surface area contributed by atoms with E-state index in [-0.39, 0.29) is 23.9 Å². The molecule has 3 heterocycles. The van der Waals surface area contributed by atoms with Gasteiger partial charge in [-0.2, -0.15) is 0 Å². The van der Waals surface area contributed by atoms with Crippen molar-refractivity contribution < 1.29 is 19.6 Å². The third kappa shape index (κ3) is 3.84. The van der Waals surface area contributed by atoms with Crippen molar-refractivity contribution in [3.05, 3.63) is 40.2 Å². The van der Waals surface area contributed by atoms with E-state index in [9.17, 15) is 20.0 Å². The first kappa shape index (κ1) is 22.8. The Hall–Kier alpha value is -2.98. The molecule has 0 amide bonds. The molecule has 1 aliphatic heterocycles. The van der Waals surface area contributed by atoms with Gasteiger partial charge in [0.25, 0.3) is 0 Å². The summed E-state index contributed by atoms with van der Waals surface area (Å²) in [5, 5.41) is 22.5. The summed E-state index contributed by atoms with van der Waals surface area (Å²) in [5.74, 6) is -0.740. The third-order valence-corrected chi connectivity index (χ3v) is 8.36. The van der Waals surface area contributed by atoms with Crippen LogP contribution in [0.4, 0.5) is 10.7 Å². The molecule has 0 spiro atoms. The molecule has 2 aromatic heterocycles. The molecule has 1 aliphatic carbocycles. The number of nitrogens with zero attached hydrogens (tertiary/aromatic N) is 4. The van der Waals surface area contributed by atoms with Gasteiger partial charge in [0, 0.05) is 18.2 Å². The summed E-state index contributed by atoms with van der Waals surface area (Å²) in [6.45, 7) is 0.545. The summed E-state index contributed by atoms with van der Waals surface area (Å²) in [7, 11) is 1.23. The Labute approximate surface area is 201 Å². The van der Waals surface area contributed by atoms with E-state index in [1.807, 2.05) is 29.4 Å². The molecule has 1 saturated heterocycles. The van der Waals surface area contributed by atoms with Crippen LogP contribution >= 0.6 is 11.3 Å². The number of nitro groups is 1. The van der Waals surface area contributed by atoms with Crippen LogP contribution in [0, 0.1) is 10.1 Å². The second kappa shape index (κ2) is 9.34. The Kier molecular flexibility index (Phi) is 6.26. The second-order valence-electron chi connectivity index (χ2n) is 9.03. The first-order chi connectivity index (χ1) is 16.5. The van der Waals surface area contributed by atoms with Crippen LogP contribution in [0.3, 0.4) is 0 Å². The number of carbonyl (C=O) groups is 1. The standard InChI is InChI=1S/C24H28N4O5S/c1-33-24(30)20-21(28(31)32)22(34-23(20)26-11-5-8-17(26)13-29)15-9-10-19-18(12-15)25-14-27(19)16-6-3-2-4-7-16/h9-10,12,14,16-17,29H,2-8,11,13H2,1H3. The van der Waals surface area contributed by atoms with Gasteiger partial charge in [0.15, 0.2) is 5.56 Å². The summed E-state index contributed by atoms with van der Waals surface area (Å²) >= 11 is 1.21. The fourth-order valence-corrected chi connectivity index (χ4v) is 6.74. The van der Waals surface area contributed by atoms with Crippen molar-refractivity contribution in [3.8, 4) is 10.4 Å². The lowest BCUT2D eigenvalue weighted by Crippen LogP contribution is -2.32. The number of ether oxygens (including phenoxy) is 1. The van der Waals surface area contributed by atoms with Gasteiger partial charge in [-0.3, -0.25) is 10.1 Å². The maximum Gasteiger partial charge on any atom is 0.347 e. The molecule has 1 atom stereocenters. The highest BCUT2D eigenvalue weighted by Crippen LogP contribution is 2.49. The van der Waals surface area contributed by atoms with Gasteiger partial charge >= 0.3 is 11.7 Å². The Morgan fingerprint density at radius 1 is 1.26 bits per heavy atom. The molecule has 0 radical (unpaired) electrons. The van der Waals surface area contributed by atoms with Crippen molar-refractivity contribution in [2.75, 3.05) is 25.2 Å². The summed E-state index contributed by atoms with van der Waals surface area (Å²) < 4.78 is 7.17. The van der Waals surface area contributed by atoms with E-state index in [0.717, 1.165) is 36.7 Å². The normalized spacial score (nSPS) is 19.1. The quantitative estimate of drug-likeness (QED) is 0.300. The zero-order valence-electron chi connectivity index (χ0n) is 19.1. The lowest BCUT2D eigenvalue weighted by molar-refractivity contribution is -0.384. The smallest absolute Gasteiger partial charge is 0.347 e. The van der Waals surface area contributed by atoms with E-state index in [0.29, 0.717) is 28.0 Å². The molecular weight excluding hydrogens is 456 g/mol. The number of anilines is 1. The number of benzene rings is 1. The van der Waals surface area contributed by atoms with Crippen molar-refractivity contribution >= 4 is 39.0 Å². The molecule has 5 rings (SSSR count). The molecule has 9 nitrogen and oxygen atoms in total. The lowest BCUT2D eigenvalue weighted by atomic mass is 9.95. The number of hydrogen-bond donors (Lipinski definition) is 1. The van der Waals surface area contributed by atoms with Crippen LogP contribution in [0.25, 0.3) is 21.5 Å². The van der Waals surface area contributed by atoms with Crippen LogP contribution in [0.2, 0.25) is 0 Å². The predicted molar refractivity (Wildman–Crippen MR) is 131 cm³/mol. The largest absolute Gasteiger partial charge is 0.465 e. The van der Waals surface area contributed by atoms with Crippen LogP contribution < -0.4 is 4.90 Å². The number of hydrogen-bond acceptors (Lipinski definition) is 8. The van der Waals surface area contributed by atoms with Gasteiger partial charge in [-0.1, -0.05) is 25.3 Å². The van der Waals surface area contributed by atoms with Crippen LogP contribution in [-0.4, -0.2) is 51.9 Å². The van der Waals surface area contributed by atoms with Crippen molar-refractivity contribution in [1.29, 1.82) is 0 Å². The van der Waals surface area contributed by atoms with Crippen LogP contribution in [0.5, 0.6) is 0 Å². The van der Waals surface area contributed by atoms with E-state index < -0.39 is 10.9 Å². The van der Waals surface area contributed by atoms with E-state index in [1.54, 1.807) is 0 Å². The minimum atomic E-state index is -0.740. The zero-order chi connectivity index (χ0) is 23.8. The molecule has 0 bridgehead atoms. The van der Waals surface area contributed by atoms with Gasteiger partial charge in [-0.25, -0.2) is 9.78 Å². The first-order valence-corrected chi connectivity index (χ1v) is 12.6. The van der Waals surface area contributed by atoms with E-state index in [2.05, 4.69) is 9.55 Å². The summed E-state index contributed by atoms with van der Waals surface area (Å²) in [4.78, 5) is 31.3. The average Bonchev–Trinajstić information content (AvgIpc) is 3.59. The molecule has 180 valence electrons. The Morgan fingerprint density at radius 3 is 2.76 bits per heavy atom. The van der Waals surface area contributed by atoms with Crippen LogP contribution in [-0.2, 0) is 4.74 Å². The number of fused-ring (bicyclic) bond motifs is 1. The molecule has 2 fully saturated rings. The topological polar surface area (TPSA) is 111 Å². The number of carbonyl (C=O) groups excluding carboxylic acids is 1. The molecular formula is C24H28N4O5S. The molecule has 34 heavy (non-hydrogen) atoms. The highest BCUT2D eigenvalue weighted by Gasteiger charge is 2.38. The Balaban J connectivity index is 1.63. The number of imidazole rings is 1. The van der Waals surface area contributed by atoms with Crippen LogP contribution in [0.15, 0.2) is 24.5 Å². The molecule has 1 aromatic carbocycles. The number of methoxy groups -OCH3 is 1. The minimum absolute atomic E-state index is 0.0410. The molecule has 1 N–H and O–H groups in total. The van der Waals surface area contributed by atoms with E-state index >= 15 is 0 Å². The second-order valence-corrected chi connectivity index (χ2v) is 10.0. The van der Waals surface area contributed by atoms with E-state index in [1.165, 1.54) is 37.7 Å². The summed E-state index contributed by atoms with van der Waals surface area (Å²) in [6, 6.07) is 5.97. The van der Waals surface area contributed by atoms with Crippen molar-refractivity contribution in [2.45, 2.75) is 57.0 Å². The number of rotatable bonds is 6. The maximum absolute atomic E-state index is 12.7. The van der Waals surface area contributed by atoms with Gasteiger partial charge in [0.1, 0.15) is 9.88 Å². The number of esters is 1. The predicted octanol–water partition coefficient (Wildman–Crippen LogP) is 4.93. The van der Waals surface area contributed by atoms with Crippen molar-refractivity contribution in [1.82, 2.24) is 9.55 Å². The number of thiophene rings is 1. The molecule has 1 saturated carbocycles. The van der Waals surface area contributed by atoms with Crippen molar-refractivity contribution in [2.24, 2.45) is 0 Å². The summed E-state index contributed by atoms with van der Waals surface area (Å²) in [6.07, 6.45) is 9.46. The highest BCUT2D eigenvalue weighted by atomic mass is 32.1. The van der Waals surface area contributed by atoms with Crippen LogP contribution in [0.1, 0.15) is 61.3 Å². The maximum atomic E-state index is 12.7. The highest BCUT2D eigenvalue weighted by molar-refractivity contribution is 7.20. The van der Waals surface area contributed by atoms with Gasteiger partial charge in [-0.15, -0.1) is 11.3 Å². The fraction of sp³-hybridized carbons (Fsp3) is 0.500. The summed E-state index contributed by atoms with van der Waals surface area (Å²) in [5.41, 5.74) is 2.15. The molecule has 3 aromatic rings. The number of aliphatic hydroxyl groups is 1. The van der Waals surface area contributed by atoms with Crippen molar-refractivity contribution in [3.63, 3.8) is 0 Å². The minimum Gasteiger partial charge on any atom is -0.465 e. The molecule has 2 aliphatic rings. The van der Waals surface area contributed by atoms with Gasteiger partial charge < -0.3 is 19.3 Å². The van der Waals surface area contributed by atoms with Gasteiger partial charge in [0.2, 0.25) is 0 Å². The molecule has 10 heteroatoms. The number of aliphatic hydroxyl groups excluding tert-OH is 1. The zero-order valence-corrected chi connectivity index (χ0v) is 19.9. The van der Waals surface area contributed by atoms with Gasteiger partial charge in [-0.05, 0) is 37.8 Å². The van der Waals surface area contributed by atoms with E-state index in [4.69, 9.17) is 4.74 Å². The molecule has 1 unspecified atom stereocenters. The average molecular weight is 485 g/mol. The Morgan fingerprint density at radius 2 is 2.06 bits per heavy atom. The van der Waals surface area contributed by atoms with Gasteiger partial charge in [0.05, 0.1) is 42.0 Å². The monoisotopic (exact) mass is 484 g/mol. The lowest BCUT2D eigenvalue weighted by Gasteiger charge is -2.24. The fourth-order valence-electron chi connectivity index (χ4n) is 5.39. The number of aromatic nitrogens is 2.